The number of pyridine rings is 1. The van der Waals surface area contributed by atoms with Crippen LogP contribution in [-0.4, -0.2) is 46.9 Å². The Balaban J connectivity index is 1.58. The van der Waals surface area contributed by atoms with E-state index in [2.05, 4.69) is 23.0 Å². The second-order valence-electron chi connectivity index (χ2n) is 6.80. The molecule has 1 fully saturated rings. The highest BCUT2D eigenvalue weighted by molar-refractivity contribution is 5.94. The molecule has 0 spiro atoms. The number of nitrogens with zero attached hydrogens (tertiary/aromatic N) is 4. The van der Waals surface area contributed by atoms with Crippen molar-refractivity contribution < 1.29 is 4.79 Å². The molecule has 3 rings (SSSR count). The van der Waals surface area contributed by atoms with Crippen molar-refractivity contribution in [2.75, 3.05) is 20.1 Å². The third kappa shape index (κ3) is 4.47. The first-order chi connectivity index (χ1) is 12.7. The van der Waals surface area contributed by atoms with E-state index in [0.717, 1.165) is 44.6 Å². The van der Waals surface area contributed by atoms with Crippen LogP contribution in [0, 0.1) is 11.3 Å². The zero-order chi connectivity index (χ0) is 18.4. The number of hydrogen-bond acceptors (Lipinski definition) is 4. The van der Waals surface area contributed by atoms with Gasteiger partial charge in [-0.2, -0.15) is 5.26 Å². The molecule has 0 radical (unpaired) electrons. The summed E-state index contributed by atoms with van der Waals surface area (Å²) in [6.07, 6.45) is 4.87. The van der Waals surface area contributed by atoms with E-state index in [1.807, 2.05) is 29.3 Å². The second kappa shape index (κ2) is 8.59. The lowest BCUT2D eigenvalue weighted by Gasteiger charge is -2.27. The first-order valence-corrected chi connectivity index (χ1v) is 9.07. The molecule has 0 unspecified atom stereocenters. The molecule has 1 aromatic heterocycles. The van der Waals surface area contributed by atoms with Crippen molar-refractivity contribution in [2.45, 2.75) is 31.8 Å². The molecule has 1 aliphatic heterocycles. The Hall–Kier alpha value is -2.71. The van der Waals surface area contributed by atoms with E-state index < -0.39 is 0 Å². The predicted octanol–water partition coefficient (Wildman–Crippen LogP) is 3.08. The minimum Gasteiger partial charge on any atom is -0.339 e. The molecule has 1 aliphatic rings. The fraction of sp³-hybridized carbons (Fsp3) is 0.381. The highest BCUT2D eigenvalue weighted by atomic mass is 16.2. The molecule has 26 heavy (non-hydrogen) atoms. The summed E-state index contributed by atoms with van der Waals surface area (Å²) in [4.78, 5) is 21.4. The number of aromatic nitrogens is 1. The molecule has 0 N–H and O–H groups in total. The monoisotopic (exact) mass is 348 g/mol. The zero-order valence-corrected chi connectivity index (χ0v) is 15.1. The van der Waals surface area contributed by atoms with Gasteiger partial charge in [0, 0.05) is 37.4 Å². The molecular formula is C21H24N4O. The molecule has 5 heteroatoms. The first kappa shape index (κ1) is 18.1. The summed E-state index contributed by atoms with van der Waals surface area (Å²) in [6.45, 7) is 2.37. The average molecular weight is 348 g/mol. The molecular weight excluding hydrogens is 324 g/mol. The molecule has 5 nitrogen and oxygen atoms in total. The summed E-state index contributed by atoms with van der Waals surface area (Å²) in [6, 6.07) is 15.4. The van der Waals surface area contributed by atoms with E-state index in [-0.39, 0.29) is 5.91 Å². The summed E-state index contributed by atoms with van der Waals surface area (Å²) in [5.41, 5.74) is 2.31. The smallest absolute Gasteiger partial charge is 0.253 e. The van der Waals surface area contributed by atoms with Crippen LogP contribution >= 0.6 is 0 Å². The molecule has 2 heterocycles. The fourth-order valence-corrected chi connectivity index (χ4v) is 3.47. The topological polar surface area (TPSA) is 60.2 Å². The number of likely N-dealkylation sites (tertiary alicyclic amines) is 1. The minimum atomic E-state index is 0.0579. The van der Waals surface area contributed by atoms with Gasteiger partial charge in [0.15, 0.2) is 0 Å². The van der Waals surface area contributed by atoms with Crippen LogP contribution in [0.3, 0.4) is 0 Å². The van der Waals surface area contributed by atoms with Crippen LogP contribution in [0.1, 0.15) is 40.9 Å². The molecule has 1 amide bonds. The van der Waals surface area contributed by atoms with E-state index in [1.54, 1.807) is 24.3 Å². The number of nitriles is 1. The van der Waals surface area contributed by atoms with Crippen molar-refractivity contribution in [1.29, 1.82) is 5.26 Å². The number of amides is 1. The number of carbonyl (C=O) groups is 1. The van der Waals surface area contributed by atoms with Crippen molar-refractivity contribution in [1.82, 2.24) is 14.8 Å². The predicted molar refractivity (Wildman–Crippen MR) is 100 cm³/mol. The minimum absolute atomic E-state index is 0.0579. The van der Waals surface area contributed by atoms with Crippen molar-refractivity contribution in [3.63, 3.8) is 0 Å². The van der Waals surface area contributed by atoms with Crippen molar-refractivity contribution >= 4 is 5.91 Å². The summed E-state index contributed by atoms with van der Waals surface area (Å²) >= 11 is 0. The maximum atomic E-state index is 12.7. The lowest BCUT2D eigenvalue weighted by molar-refractivity contribution is 0.0757. The highest BCUT2D eigenvalue weighted by Crippen LogP contribution is 2.19. The molecule has 0 bridgehead atoms. The third-order valence-electron chi connectivity index (χ3n) is 5.01. The maximum absolute atomic E-state index is 12.7. The molecule has 1 aromatic carbocycles. The van der Waals surface area contributed by atoms with Gasteiger partial charge in [-0.3, -0.25) is 14.7 Å². The highest BCUT2D eigenvalue weighted by Gasteiger charge is 2.24. The third-order valence-corrected chi connectivity index (χ3v) is 5.01. The molecule has 0 aliphatic carbocycles. The first-order valence-electron chi connectivity index (χ1n) is 9.07. The van der Waals surface area contributed by atoms with Crippen LogP contribution in [0.5, 0.6) is 0 Å². The lowest BCUT2D eigenvalue weighted by atomic mass is 10.1. The van der Waals surface area contributed by atoms with E-state index in [0.29, 0.717) is 17.2 Å². The number of carbonyl (C=O) groups excluding carboxylic acids is 1. The number of hydrogen-bond donors (Lipinski definition) is 0. The van der Waals surface area contributed by atoms with Gasteiger partial charge in [-0.25, -0.2) is 0 Å². The zero-order valence-electron chi connectivity index (χ0n) is 15.1. The molecule has 2 aromatic rings. The standard InChI is InChI=1S/C21H24N4O/c1-24(16-19-5-2-3-12-23-19)20-6-4-13-25(14-11-20)21(26)18-9-7-17(15-22)8-10-18/h2-3,5,7-10,12,20H,4,6,11,13-14,16H2,1H3/t20-/m1/s1. The fourth-order valence-electron chi connectivity index (χ4n) is 3.47. The van der Waals surface area contributed by atoms with Gasteiger partial charge in [-0.15, -0.1) is 0 Å². The van der Waals surface area contributed by atoms with Gasteiger partial charge in [-0.05, 0) is 62.7 Å². The van der Waals surface area contributed by atoms with Crippen LogP contribution < -0.4 is 0 Å². The van der Waals surface area contributed by atoms with Crippen LogP contribution in [0.2, 0.25) is 0 Å². The Labute approximate surface area is 154 Å². The van der Waals surface area contributed by atoms with Crippen molar-refractivity contribution in [3.8, 4) is 6.07 Å². The van der Waals surface area contributed by atoms with Crippen molar-refractivity contribution in [2.24, 2.45) is 0 Å². The number of benzene rings is 1. The van der Waals surface area contributed by atoms with Gasteiger partial charge in [0.2, 0.25) is 0 Å². The van der Waals surface area contributed by atoms with E-state index in [4.69, 9.17) is 5.26 Å². The van der Waals surface area contributed by atoms with Gasteiger partial charge < -0.3 is 4.90 Å². The Morgan fingerprint density at radius 1 is 1.23 bits per heavy atom. The molecule has 1 saturated heterocycles. The summed E-state index contributed by atoms with van der Waals surface area (Å²) < 4.78 is 0. The van der Waals surface area contributed by atoms with Crippen LogP contribution in [0.4, 0.5) is 0 Å². The Morgan fingerprint density at radius 3 is 2.73 bits per heavy atom. The van der Waals surface area contributed by atoms with E-state index >= 15 is 0 Å². The largest absolute Gasteiger partial charge is 0.339 e. The molecule has 1 atom stereocenters. The Kier molecular flexibility index (Phi) is 5.98. The quantitative estimate of drug-likeness (QED) is 0.852. The SMILES string of the molecule is CN(Cc1ccccn1)[C@@H]1CCCN(C(=O)c2ccc(C#N)cc2)CC1. The summed E-state index contributed by atoms with van der Waals surface area (Å²) in [5, 5.41) is 8.89. The van der Waals surface area contributed by atoms with Crippen LogP contribution in [-0.2, 0) is 6.54 Å². The summed E-state index contributed by atoms with van der Waals surface area (Å²) in [5.74, 6) is 0.0579. The Bertz CT molecular complexity index is 767. The average Bonchev–Trinajstić information content (AvgIpc) is 2.94. The Morgan fingerprint density at radius 2 is 2.04 bits per heavy atom. The van der Waals surface area contributed by atoms with Gasteiger partial charge >= 0.3 is 0 Å². The summed E-state index contributed by atoms with van der Waals surface area (Å²) in [7, 11) is 2.14. The lowest BCUT2D eigenvalue weighted by Crippen LogP contribution is -2.35. The van der Waals surface area contributed by atoms with Crippen LogP contribution in [0.15, 0.2) is 48.7 Å². The molecule has 134 valence electrons. The second-order valence-corrected chi connectivity index (χ2v) is 6.80. The normalized spacial score (nSPS) is 17.6. The van der Waals surface area contributed by atoms with Gasteiger partial charge in [0.1, 0.15) is 0 Å². The molecule has 0 saturated carbocycles. The van der Waals surface area contributed by atoms with Crippen LogP contribution in [0.25, 0.3) is 0 Å². The van der Waals surface area contributed by atoms with E-state index in [1.165, 1.54) is 0 Å². The van der Waals surface area contributed by atoms with Gasteiger partial charge in [-0.1, -0.05) is 6.07 Å². The van der Waals surface area contributed by atoms with Gasteiger partial charge in [0.25, 0.3) is 5.91 Å². The van der Waals surface area contributed by atoms with Gasteiger partial charge in [0.05, 0.1) is 17.3 Å². The number of rotatable bonds is 4. The van der Waals surface area contributed by atoms with Crippen molar-refractivity contribution in [3.05, 3.63) is 65.5 Å². The maximum Gasteiger partial charge on any atom is 0.253 e. The van der Waals surface area contributed by atoms with E-state index in [9.17, 15) is 4.79 Å².